The lowest BCUT2D eigenvalue weighted by molar-refractivity contribution is 0.294. The number of fused-ring (bicyclic) bond motifs is 1. The molecule has 0 aliphatic carbocycles. The molecule has 0 aliphatic rings. The van der Waals surface area contributed by atoms with E-state index in [2.05, 4.69) is 10.5 Å². The van der Waals surface area contributed by atoms with E-state index in [1.54, 1.807) is 13.3 Å². The van der Waals surface area contributed by atoms with Gasteiger partial charge in [-0.1, -0.05) is 30.3 Å². The molecule has 2 aromatic carbocycles. The molecule has 4 heteroatoms. The van der Waals surface area contributed by atoms with Gasteiger partial charge in [0.2, 0.25) is 0 Å². The molecule has 2 aromatic rings. The van der Waals surface area contributed by atoms with Gasteiger partial charge in [0.1, 0.15) is 5.75 Å². The second-order valence-corrected chi connectivity index (χ2v) is 3.79. The Labute approximate surface area is 106 Å². The van der Waals surface area contributed by atoms with Crippen LogP contribution in [0.15, 0.2) is 41.5 Å². The Bertz CT molecular complexity index is 552. The average molecular weight is 244 g/mol. The Morgan fingerprint density at radius 2 is 2.11 bits per heavy atom. The Balaban J connectivity index is 2.41. The molecule has 0 bridgehead atoms. The molecule has 0 spiro atoms. The third-order valence-corrected chi connectivity index (χ3v) is 2.66. The molecule has 4 nitrogen and oxygen atoms in total. The third-order valence-electron chi connectivity index (χ3n) is 2.66. The molecule has 0 radical (unpaired) electrons. The zero-order valence-corrected chi connectivity index (χ0v) is 10.3. The van der Waals surface area contributed by atoms with Crippen LogP contribution in [0.3, 0.4) is 0 Å². The van der Waals surface area contributed by atoms with Crippen LogP contribution in [0.2, 0.25) is 0 Å². The van der Waals surface area contributed by atoms with E-state index >= 15 is 0 Å². The number of nitrogens with zero attached hydrogens (tertiary/aromatic N) is 1. The number of methoxy groups -OCH3 is 1. The number of ether oxygens (including phenoxy) is 1. The van der Waals surface area contributed by atoms with Crippen LogP contribution < -0.4 is 10.2 Å². The summed E-state index contributed by atoms with van der Waals surface area (Å²) in [5.74, 6) is 0.781. The number of benzene rings is 2. The first-order valence-corrected chi connectivity index (χ1v) is 5.79. The van der Waals surface area contributed by atoms with E-state index in [0.717, 1.165) is 22.1 Å². The van der Waals surface area contributed by atoms with Crippen molar-refractivity contribution in [2.45, 2.75) is 0 Å². The van der Waals surface area contributed by atoms with Crippen molar-refractivity contribution in [2.24, 2.45) is 5.10 Å². The maximum absolute atomic E-state index is 8.67. The zero-order valence-electron chi connectivity index (χ0n) is 10.3. The van der Waals surface area contributed by atoms with Crippen molar-refractivity contribution in [3.8, 4) is 5.75 Å². The Kier molecular flexibility index (Phi) is 4.15. The smallest absolute Gasteiger partial charge is 0.128 e. The lowest BCUT2D eigenvalue weighted by Gasteiger charge is -2.08. The Morgan fingerprint density at radius 1 is 1.28 bits per heavy atom. The first kappa shape index (κ1) is 12.4. The summed E-state index contributed by atoms with van der Waals surface area (Å²) in [5.41, 5.74) is 3.69. The predicted molar refractivity (Wildman–Crippen MR) is 73.2 cm³/mol. The van der Waals surface area contributed by atoms with Gasteiger partial charge in [0, 0.05) is 5.56 Å². The van der Waals surface area contributed by atoms with Gasteiger partial charge in [-0.15, -0.1) is 0 Å². The average Bonchev–Trinajstić information content (AvgIpc) is 2.43. The molecule has 0 amide bonds. The van der Waals surface area contributed by atoms with Crippen LogP contribution in [-0.2, 0) is 0 Å². The fourth-order valence-electron chi connectivity index (χ4n) is 1.81. The molecular formula is C14H16N2O2. The van der Waals surface area contributed by atoms with E-state index in [1.165, 1.54) is 0 Å². The molecule has 0 atom stereocenters. The van der Waals surface area contributed by atoms with Crippen LogP contribution in [0.5, 0.6) is 5.75 Å². The predicted octanol–water partition coefficient (Wildman–Crippen LogP) is 1.76. The maximum Gasteiger partial charge on any atom is 0.128 e. The van der Waals surface area contributed by atoms with Gasteiger partial charge in [-0.25, -0.2) is 0 Å². The minimum atomic E-state index is 0.0595. The van der Waals surface area contributed by atoms with E-state index in [1.807, 2.05) is 36.4 Å². The van der Waals surface area contributed by atoms with Gasteiger partial charge < -0.3 is 15.3 Å². The van der Waals surface area contributed by atoms with Crippen LogP contribution in [0, 0.1) is 0 Å². The molecule has 0 heterocycles. The van der Waals surface area contributed by atoms with Gasteiger partial charge in [-0.2, -0.15) is 5.10 Å². The minimum Gasteiger partial charge on any atom is -0.496 e. The highest BCUT2D eigenvalue weighted by Gasteiger charge is 2.05. The molecule has 2 rings (SSSR count). The van der Waals surface area contributed by atoms with Crippen LogP contribution in [-0.4, -0.2) is 31.6 Å². The van der Waals surface area contributed by atoms with Crippen molar-refractivity contribution >= 4 is 17.0 Å². The highest BCUT2D eigenvalue weighted by atomic mass is 16.5. The van der Waals surface area contributed by atoms with Crippen LogP contribution >= 0.6 is 0 Å². The van der Waals surface area contributed by atoms with E-state index in [9.17, 15) is 0 Å². The van der Waals surface area contributed by atoms with Gasteiger partial charge >= 0.3 is 0 Å². The van der Waals surface area contributed by atoms with Crippen LogP contribution in [0.1, 0.15) is 5.56 Å². The summed E-state index contributed by atoms with van der Waals surface area (Å²) in [5, 5.41) is 15.0. The number of hydrogen-bond acceptors (Lipinski definition) is 4. The summed E-state index contributed by atoms with van der Waals surface area (Å²) in [6.45, 7) is 0.494. The normalized spacial score (nSPS) is 11.0. The monoisotopic (exact) mass is 244 g/mol. The maximum atomic E-state index is 8.67. The molecule has 18 heavy (non-hydrogen) atoms. The van der Waals surface area contributed by atoms with Crippen LogP contribution in [0.25, 0.3) is 10.8 Å². The van der Waals surface area contributed by atoms with Gasteiger partial charge in [0.05, 0.1) is 26.5 Å². The summed E-state index contributed by atoms with van der Waals surface area (Å²) in [7, 11) is 1.64. The number of rotatable bonds is 5. The van der Waals surface area contributed by atoms with Crippen molar-refractivity contribution < 1.29 is 9.84 Å². The van der Waals surface area contributed by atoms with Crippen molar-refractivity contribution in [1.29, 1.82) is 0 Å². The molecule has 0 saturated carbocycles. The number of nitrogens with one attached hydrogen (secondary N) is 1. The van der Waals surface area contributed by atoms with E-state index in [-0.39, 0.29) is 6.61 Å². The van der Waals surface area contributed by atoms with E-state index in [4.69, 9.17) is 9.84 Å². The number of hydrazone groups is 1. The lowest BCUT2D eigenvalue weighted by atomic mass is 10.0. The summed E-state index contributed by atoms with van der Waals surface area (Å²) < 4.78 is 5.34. The molecule has 0 fully saturated rings. The van der Waals surface area contributed by atoms with Crippen molar-refractivity contribution in [3.63, 3.8) is 0 Å². The molecule has 2 N–H and O–H groups in total. The largest absolute Gasteiger partial charge is 0.496 e. The number of hydrogen-bond donors (Lipinski definition) is 2. The molecular weight excluding hydrogens is 228 g/mol. The fourth-order valence-corrected chi connectivity index (χ4v) is 1.81. The second kappa shape index (κ2) is 6.02. The molecule has 0 saturated heterocycles. The highest BCUT2D eigenvalue weighted by Crippen LogP contribution is 2.26. The first-order valence-electron chi connectivity index (χ1n) is 5.79. The first-order chi connectivity index (χ1) is 8.86. The van der Waals surface area contributed by atoms with Gasteiger partial charge in [-0.05, 0) is 16.8 Å². The molecule has 0 unspecified atom stereocenters. The topological polar surface area (TPSA) is 53.8 Å². The fraction of sp³-hybridized carbons (Fsp3) is 0.214. The number of aliphatic hydroxyl groups is 1. The van der Waals surface area contributed by atoms with Gasteiger partial charge in [-0.3, -0.25) is 0 Å². The van der Waals surface area contributed by atoms with Crippen LogP contribution in [0.4, 0.5) is 0 Å². The van der Waals surface area contributed by atoms with Crippen molar-refractivity contribution in [3.05, 3.63) is 42.0 Å². The highest BCUT2D eigenvalue weighted by molar-refractivity contribution is 6.02. The van der Waals surface area contributed by atoms with E-state index in [0.29, 0.717) is 6.54 Å². The van der Waals surface area contributed by atoms with E-state index < -0.39 is 0 Å². The zero-order chi connectivity index (χ0) is 12.8. The lowest BCUT2D eigenvalue weighted by Crippen LogP contribution is -2.11. The summed E-state index contributed by atoms with van der Waals surface area (Å²) in [6.07, 6.45) is 1.72. The summed E-state index contributed by atoms with van der Waals surface area (Å²) >= 11 is 0. The second-order valence-electron chi connectivity index (χ2n) is 3.79. The molecule has 0 aromatic heterocycles. The minimum absolute atomic E-state index is 0.0595. The SMILES string of the molecule is COc1ccc2ccccc2c1C=NNCCO. The summed E-state index contributed by atoms with van der Waals surface area (Å²) in [4.78, 5) is 0. The third kappa shape index (κ3) is 2.60. The quantitative estimate of drug-likeness (QED) is 0.479. The van der Waals surface area contributed by atoms with Crippen molar-refractivity contribution in [1.82, 2.24) is 5.43 Å². The van der Waals surface area contributed by atoms with Crippen molar-refractivity contribution in [2.75, 3.05) is 20.3 Å². The summed E-state index contributed by atoms with van der Waals surface area (Å²) in [6, 6.07) is 12.0. The van der Waals surface area contributed by atoms with Gasteiger partial charge in [0.25, 0.3) is 0 Å². The Morgan fingerprint density at radius 3 is 2.89 bits per heavy atom. The Hall–Kier alpha value is -2.07. The number of aliphatic hydroxyl groups excluding tert-OH is 1. The molecule has 94 valence electrons. The standard InChI is InChI=1S/C14H16N2O2/c1-18-14-7-6-11-4-2-3-5-12(11)13(14)10-16-15-8-9-17/h2-7,10,15,17H,8-9H2,1H3. The molecule has 0 aliphatic heterocycles. The van der Waals surface area contributed by atoms with Gasteiger partial charge in [0.15, 0.2) is 0 Å².